The van der Waals surface area contributed by atoms with Gasteiger partial charge in [0.05, 0.1) is 6.10 Å². The molecule has 1 heteroatoms. The highest BCUT2D eigenvalue weighted by atomic mass is 16.5. The molecule has 0 aromatic rings. The second-order valence-electron chi connectivity index (χ2n) is 5.43. The van der Waals surface area contributed by atoms with Crippen LogP contribution in [0.2, 0.25) is 0 Å². The molecular formula is C12H24O. The van der Waals surface area contributed by atoms with Gasteiger partial charge in [0, 0.05) is 7.11 Å². The van der Waals surface area contributed by atoms with Gasteiger partial charge in [-0.3, -0.25) is 0 Å². The number of hydrogen-bond acceptors (Lipinski definition) is 1. The first kappa shape index (κ1) is 11.0. The zero-order valence-electron chi connectivity index (χ0n) is 9.76. The maximum atomic E-state index is 5.63. The zero-order valence-corrected chi connectivity index (χ0v) is 9.76. The number of ether oxygens (including phenoxy) is 1. The molecule has 0 aliphatic heterocycles. The van der Waals surface area contributed by atoms with Crippen LogP contribution in [0.15, 0.2) is 0 Å². The molecule has 0 bridgehead atoms. The van der Waals surface area contributed by atoms with E-state index in [-0.39, 0.29) is 0 Å². The van der Waals surface area contributed by atoms with Crippen molar-refractivity contribution in [2.75, 3.05) is 7.11 Å². The van der Waals surface area contributed by atoms with Crippen LogP contribution in [0.5, 0.6) is 0 Å². The summed E-state index contributed by atoms with van der Waals surface area (Å²) in [4.78, 5) is 0. The number of hydrogen-bond donors (Lipinski definition) is 0. The first-order valence-corrected chi connectivity index (χ1v) is 5.52. The Balaban J connectivity index is 2.68. The second-order valence-corrected chi connectivity index (χ2v) is 5.43. The van der Waals surface area contributed by atoms with E-state index in [1.807, 2.05) is 7.11 Å². The highest BCUT2D eigenvalue weighted by Crippen LogP contribution is 2.46. The lowest BCUT2D eigenvalue weighted by Crippen LogP contribution is -2.34. The van der Waals surface area contributed by atoms with Crippen LogP contribution in [0, 0.1) is 17.3 Å². The standard InChI is InChI=1S/C12H24O/c1-9(2)11(13-5)10-7-6-8-12(10,3)4/h9-11H,6-8H2,1-5H3/t10?,11-/m1/s1. The molecule has 0 radical (unpaired) electrons. The molecule has 0 aromatic heterocycles. The van der Waals surface area contributed by atoms with Crippen LogP contribution in [0.1, 0.15) is 47.0 Å². The molecule has 78 valence electrons. The first-order chi connectivity index (χ1) is 5.99. The highest BCUT2D eigenvalue weighted by Gasteiger charge is 2.40. The molecule has 13 heavy (non-hydrogen) atoms. The van der Waals surface area contributed by atoms with Crippen molar-refractivity contribution in [1.29, 1.82) is 0 Å². The molecule has 1 fully saturated rings. The smallest absolute Gasteiger partial charge is 0.0627 e. The molecule has 0 spiro atoms. The number of methoxy groups -OCH3 is 1. The Hall–Kier alpha value is -0.0400. The van der Waals surface area contributed by atoms with Crippen molar-refractivity contribution in [1.82, 2.24) is 0 Å². The maximum Gasteiger partial charge on any atom is 0.0627 e. The topological polar surface area (TPSA) is 9.23 Å². The summed E-state index contributed by atoms with van der Waals surface area (Å²) in [6.45, 7) is 9.31. The summed E-state index contributed by atoms with van der Waals surface area (Å²) in [5.74, 6) is 1.41. The van der Waals surface area contributed by atoms with Gasteiger partial charge in [-0.05, 0) is 30.1 Å². The summed E-state index contributed by atoms with van der Waals surface area (Å²) < 4.78 is 5.63. The van der Waals surface area contributed by atoms with E-state index in [1.165, 1.54) is 19.3 Å². The summed E-state index contributed by atoms with van der Waals surface area (Å²) in [6, 6.07) is 0. The molecule has 1 rings (SSSR count). The van der Waals surface area contributed by atoms with Crippen molar-refractivity contribution >= 4 is 0 Å². The molecular weight excluding hydrogens is 160 g/mol. The molecule has 1 aliphatic rings. The van der Waals surface area contributed by atoms with Crippen molar-refractivity contribution < 1.29 is 4.74 Å². The zero-order chi connectivity index (χ0) is 10.1. The lowest BCUT2D eigenvalue weighted by atomic mass is 9.75. The van der Waals surface area contributed by atoms with Gasteiger partial charge in [-0.1, -0.05) is 34.1 Å². The van der Waals surface area contributed by atoms with Gasteiger partial charge in [0.1, 0.15) is 0 Å². The fourth-order valence-corrected chi connectivity index (χ4v) is 2.86. The highest BCUT2D eigenvalue weighted by molar-refractivity contribution is 4.90. The summed E-state index contributed by atoms with van der Waals surface area (Å²) in [7, 11) is 1.86. The van der Waals surface area contributed by atoms with Gasteiger partial charge in [-0.2, -0.15) is 0 Å². The number of rotatable bonds is 3. The molecule has 0 aromatic carbocycles. The van der Waals surface area contributed by atoms with Crippen molar-refractivity contribution in [3.05, 3.63) is 0 Å². The maximum absolute atomic E-state index is 5.63. The normalized spacial score (nSPS) is 29.5. The Morgan fingerprint density at radius 3 is 2.23 bits per heavy atom. The molecule has 1 aliphatic carbocycles. The van der Waals surface area contributed by atoms with Gasteiger partial charge in [-0.25, -0.2) is 0 Å². The predicted octanol–water partition coefficient (Wildman–Crippen LogP) is 3.48. The molecule has 1 unspecified atom stereocenters. The molecule has 2 atom stereocenters. The largest absolute Gasteiger partial charge is 0.381 e. The van der Waals surface area contributed by atoms with Gasteiger partial charge in [0.2, 0.25) is 0 Å². The lowest BCUT2D eigenvalue weighted by molar-refractivity contribution is -0.0163. The Bertz CT molecular complexity index is 161. The van der Waals surface area contributed by atoms with Crippen molar-refractivity contribution in [3.8, 4) is 0 Å². The summed E-state index contributed by atoms with van der Waals surface area (Å²) >= 11 is 0. The van der Waals surface area contributed by atoms with Gasteiger partial charge in [0.25, 0.3) is 0 Å². The third-order valence-corrected chi connectivity index (χ3v) is 3.67. The monoisotopic (exact) mass is 184 g/mol. The molecule has 1 saturated carbocycles. The molecule has 0 N–H and O–H groups in total. The average Bonchev–Trinajstić information content (AvgIpc) is 2.32. The van der Waals surface area contributed by atoms with E-state index >= 15 is 0 Å². The minimum Gasteiger partial charge on any atom is -0.381 e. The van der Waals surface area contributed by atoms with E-state index in [0.29, 0.717) is 17.4 Å². The van der Waals surface area contributed by atoms with Gasteiger partial charge in [0.15, 0.2) is 0 Å². The van der Waals surface area contributed by atoms with Gasteiger partial charge in [-0.15, -0.1) is 0 Å². The van der Waals surface area contributed by atoms with E-state index in [1.54, 1.807) is 0 Å². The van der Waals surface area contributed by atoms with Crippen molar-refractivity contribution in [2.24, 2.45) is 17.3 Å². The van der Waals surface area contributed by atoms with Crippen LogP contribution < -0.4 is 0 Å². The summed E-state index contributed by atoms with van der Waals surface area (Å²) in [5.41, 5.74) is 0.491. The van der Waals surface area contributed by atoms with E-state index < -0.39 is 0 Å². The molecule has 0 amide bonds. The predicted molar refractivity (Wildman–Crippen MR) is 56.8 cm³/mol. The third-order valence-electron chi connectivity index (χ3n) is 3.67. The minimum atomic E-state index is 0.456. The fourth-order valence-electron chi connectivity index (χ4n) is 2.86. The Labute approximate surface area is 82.9 Å². The second kappa shape index (κ2) is 4.00. The fraction of sp³-hybridized carbons (Fsp3) is 1.00. The summed E-state index contributed by atoms with van der Waals surface area (Å²) in [5, 5.41) is 0. The van der Waals surface area contributed by atoms with E-state index in [9.17, 15) is 0 Å². The van der Waals surface area contributed by atoms with Gasteiger partial charge < -0.3 is 4.74 Å². The van der Waals surface area contributed by atoms with Crippen LogP contribution >= 0.6 is 0 Å². The molecule has 0 saturated heterocycles. The Morgan fingerprint density at radius 2 is 1.92 bits per heavy atom. The average molecular weight is 184 g/mol. The minimum absolute atomic E-state index is 0.456. The van der Waals surface area contributed by atoms with E-state index in [4.69, 9.17) is 4.74 Å². The van der Waals surface area contributed by atoms with Crippen LogP contribution in [0.4, 0.5) is 0 Å². The SMILES string of the molecule is CO[C@H](C(C)C)C1CCCC1(C)C. The van der Waals surface area contributed by atoms with E-state index in [0.717, 1.165) is 5.92 Å². The molecule has 1 nitrogen and oxygen atoms in total. The quantitative estimate of drug-likeness (QED) is 0.652. The van der Waals surface area contributed by atoms with Crippen LogP contribution in [-0.4, -0.2) is 13.2 Å². The Morgan fingerprint density at radius 1 is 1.31 bits per heavy atom. The van der Waals surface area contributed by atoms with Gasteiger partial charge >= 0.3 is 0 Å². The third kappa shape index (κ3) is 2.25. The Kier molecular flexibility index (Phi) is 3.39. The first-order valence-electron chi connectivity index (χ1n) is 5.52. The summed E-state index contributed by atoms with van der Waals surface area (Å²) in [6.07, 6.45) is 4.55. The van der Waals surface area contributed by atoms with E-state index in [2.05, 4.69) is 27.7 Å². The molecule has 0 heterocycles. The van der Waals surface area contributed by atoms with Crippen LogP contribution in [-0.2, 0) is 4.74 Å². The van der Waals surface area contributed by atoms with Crippen LogP contribution in [0.3, 0.4) is 0 Å². The van der Waals surface area contributed by atoms with Crippen molar-refractivity contribution in [3.63, 3.8) is 0 Å². The van der Waals surface area contributed by atoms with Crippen molar-refractivity contribution in [2.45, 2.75) is 53.1 Å². The lowest BCUT2D eigenvalue weighted by Gasteiger charge is -2.35. The van der Waals surface area contributed by atoms with Crippen LogP contribution in [0.25, 0.3) is 0 Å².